The molecule has 0 aromatic heterocycles. The third-order valence-corrected chi connectivity index (χ3v) is 3.68. The average Bonchev–Trinajstić information content (AvgIpc) is 2.54. The predicted molar refractivity (Wildman–Crippen MR) is 90.1 cm³/mol. The summed E-state index contributed by atoms with van der Waals surface area (Å²) in [5.74, 6) is 0.252. The van der Waals surface area contributed by atoms with Crippen LogP contribution < -0.4 is 15.4 Å². The van der Waals surface area contributed by atoms with E-state index in [1.54, 1.807) is 21.1 Å². The highest BCUT2D eigenvalue weighted by Gasteiger charge is 2.32. The first-order valence-corrected chi connectivity index (χ1v) is 7.56. The second kappa shape index (κ2) is 7.94. The number of esters is 1. The molecule has 23 heavy (non-hydrogen) atoms. The van der Waals surface area contributed by atoms with E-state index < -0.39 is 12.0 Å². The minimum Gasteiger partial charge on any atom is -0.496 e. The SMILES string of the molecule is COCCOC(=O)C1=C(C)NC(=S)NC1c1ccccc1OC. The quantitative estimate of drug-likeness (QED) is 0.465. The first-order chi connectivity index (χ1) is 11.1. The van der Waals surface area contributed by atoms with Gasteiger partial charge in [-0.1, -0.05) is 18.2 Å². The summed E-state index contributed by atoms with van der Waals surface area (Å²) in [7, 11) is 3.14. The number of nitrogens with one attached hydrogen (secondary N) is 2. The largest absolute Gasteiger partial charge is 0.496 e. The lowest BCUT2D eigenvalue weighted by atomic mass is 9.95. The fraction of sp³-hybridized carbons (Fsp3) is 0.375. The van der Waals surface area contributed by atoms with Crippen molar-refractivity contribution in [2.24, 2.45) is 0 Å². The van der Waals surface area contributed by atoms with Crippen LogP contribution in [0.2, 0.25) is 0 Å². The molecule has 1 aromatic rings. The van der Waals surface area contributed by atoms with Gasteiger partial charge in [-0.3, -0.25) is 0 Å². The number of carbonyl (C=O) groups is 1. The fourth-order valence-electron chi connectivity index (χ4n) is 2.40. The van der Waals surface area contributed by atoms with Gasteiger partial charge in [0.15, 0.2) is 5.11 Å². The Morgan fingerprint density at radius 1 is 1.26 bits per heavy atom. The molecular weight excluding hydrogens is 316 g/mol. The monoisotopic (exact) mass is 336 g/mol. The van der Waals surface area contributed by atoms with Gasteiger partial charge >= 0.3 is 5.97 Å². The van der Waals surface area contributed by atoms with Gasteiger partial charge in [0.2, 0.25) is 0 Å². The van der Waals surface area contributed by atoms with Crippen LogP contribution in [0.15, 0.2) is 35.5 Å². The van der Waals surface area contributed by atoms with Crippen molar-refractivity contribution in [2.45, 2.75) is 13.0 Å². The number of allylic oxidation sites excluding steroid dienone is 1. The summed E-state index contributed by atoms with van der Waals surface area (Å²) in [5, 5.41) is 6.53. The predicted octanol–water partition coefficient (Wildman–Crippen LogP) is 1.68. The summed E-state index contributed by atoms with van der Waals surface area (Å²) < 4.78 is 15.6. The van der Waals surface area contributed by atoms with Crippen molar-refractivity contribution in [1.29, 1.82) is 0 Å². The maximum absolute atomic E-state index is 12.5. The van der Waals surface area contributed by atoms with Gasteiger partial charge in [0.25, 0.3) is 0 Å². The minimum atomic E-state index is -0.435. The molecule has 0 saturated carbocycles. The Morgan fingerprint density at radius 2 is 2.00 bits per heavy atom. The van der Waals surface area contributed by atoms with E-state index in [9.17, 15) is 4.79 Å². The summed E-state index contributed by atoms with van der Waals surface area (Å²) in [6, 6.07) is 7.05. The Labute approximate surface area is 140 Å². The highest BCUT2D eigenvalue weighted by molar-refractivity contribution is 7.80. The van der Waals surface area contributed by atoms with Crippen LogP contribution in [0.5, 0.6) is 5.75 Å². The number of benzene rings is 1. The van der Waals surface area contributed by atoms with Crippen molar-refractivity contribution < 1.29 is 19.0 Å². The van der Waals surface area contributed by atoms with Crippen molar-refractivity contribution in [3.05, 3.63) is 41.1 Å². The molecule has 2 rings (SSSR count). The molecule has 124 valence electrons. The molecule has 0 radical (unpaired) electrons. The number of hydrogen-bond donors (Lipinski definition) is 2. The molecule has 1 aromatic carbocycles. The van der Waals surface area contributed by atoms with Gasteiger partial charge < -0.3 is 24.8 Å². The number of methoxy groups -OCH3 is 2. The van der Waals surface area contributed by atoms with Gasteiger partial charge in [-0.05, 0) is 25.2 Å². The van der Waals surface area contributed by atoms with Crippen LogP contribution in [0, 0.1) is 0 Å². The molecule has 0 aliphatic carbocycles. The standard InChI is InChI=1S/C16H20N2O4S/c1-10-13(15(19)22-9-8-20-2)14(18-16(23)17-10)11-6-4-5-7-12(11)21-3/h4-7,14H,8-9H2,1-3H3,(H2,17,18,23). The van der Waals surface area contributed by atoms with Gasteiger partial charge in [-0.15, -0.1) is 0 Å². The zero-order valence-electron chi connectivity index (χ0n) is 13.3. The molecule has 7 heteroatoms. The maximum Gasteiger partial charge on any atom is 0.338 e. The summed E-state index contributed by atoms with van der Waals surface area (Å²) in [6.45, 7) is 2.33. The third-order valence-electron chi connectivity index (χ3n) is 3.46. The van der Waals surface area contributed by atoms with Crippen molar-refractivity contribution in [3.8, 4) is 5.75 Å². The van der Waals surface area contributed by atoms with E-state index in [1.807, 2.05) is 24.3 Å². The lowest BCUT2D eigenvalue weighted by Gasteiger charge is -2.30. The Bertz CT molecular complexity index is 630. The molecule has 6 nitrogen and oxygen atoms in total. The van der Waals surface area contributed by atoms with Crippen molar-refractivity contribution >= 4 is 23.3 Å². The summed E-state index contributed by atoms with van der Waals surface area (Å²) in [4.78, 5) is 12.5. The number of rotatable bonds is 6. The molecule has 0 saturated heterocycles. The van der Waals surface area contributed by atoms with Crippen LogP contribution in [-0.4, -0.2) is 38.5 Å². The normalized spacial score (nSPS) is 17.3. The van der Waals surface area contributed by atoms with Crippen LogP contribution in [0.3, 0.4) is 0 Å². The first-order valence-electron chi connectivity index (χ1n) is 7.15. The zero-order valence-corrected chi connectivity index (χ0v) is 14.2. The minimum absolute atomic E-state index is 0.190. The van der Waals surface area contributed by atoms with Gasteiger partial charge in [0.1, 0.15) is 12.4 Å². The number of carbonyl (C=O) groups excluding carboxylic acids is 1. The molecule has 0 bridgehead atoms. The van der Waals surface area contributed by atoms with Crippen LogP contribution in [0.1, 0.15) is 18.5 Å². The molecule has 1 aliphatic rings. The Kier molecular flexibility index (Phi) is 5.95. The van der Waals surface area contributed by atoms with E-state index in [-0.39, 0.29) is 6.61 Å². The van der Waals surface area contributed by atoms with Crippen LogP contribution in [-0.2, 0) is 14.3 Å². The number of hydrogen-bond acceptors (Lipinski definition) is 5. The summed E-state index contributed by atoms with van der Waals surface area (Å²) >= 11 is 5.22. The zero-order chi connectivity index (χ0) is 16.8. The van der Waals surface area contributed by atoms with E-state index >= 15 is 0 Å². The second-order valence-electron chi connectivity index (χ2n) is 4.94. The smallest absolute Gasteiger partial charge is 0.338 e. The number of ether oxygens (including phenoxy) is 3. The summed E-state index contributed by atoms with van der Waals surface area (Å²) in [6.07, 6.45) is 0. The third kappa shape index (κ3) is 4.00. The van der Waals surface area contributed by atoms with E-state index in [4.69, 9.17) is 26.4 Å². The van der Waals surface area contributed by atoms with Crippen molar-refractivity contribution in [3.63, 3.8) is 0 Å². The molecule has 1 atom stereocenters. The molecule has 1 heterocycles. The Hall–Kier alpha value is -2.12. The topological polar surface area (TPSA) is 68.8 Å². The number of thiocarbonyl (C=S) groups is 1. The van der Waals surface area contributed by atoms with Gasteiger partial charge in [0, 0.05) is 18.4 Å². The van der Waals surface area contributed by atoms with Crippen LogP contribution in [0.4, 0.5) is 0 Å². The highest BCUT2D eigenvalue weighted by Crippen LogP contribution is 2.33. The van der Waals surface area contributed by atoms with Gasteiger partial charge in [0.05, 0.1) is 25.3 Å². The van der Waals surface area contributed by atoms with Gasteiger partial charge in [-0.25, -0.2) is 4.79 Å². The second-order valence-corrected chi connectivity index (χ2v) is 5.35. The van der Waals surface area contributed by atoms with Crippen molar-refractivity contribution in [2.75, 3.05) is 27.4 Å². The Balaban J connectivity index is 2.36. The molecule has 2 N–H and O–H groups in total. The average molecular weight is 336 g/mol. The highest BCUT2D eigenvalue weighted by atomic mass is 32.1. The first kappa shape index (κ1) is 17.2. The molecule has 1 unspecified atom stereocenters. The van der Waals surface area contributed by atoms with E-state index in [0.717, 1.165) is 5.56 Å². The lowest BCUT2D eigenvalue weighted by molar-refractivity contribution is -0.140. The lowest BCUT2D eigenvalue weighted by Crippen LogP contribution is -2.45. The fourth-order valence-corrected chi connectivity index (χ4v) is 2.67. The molecule has 0 spiro atoms. The van der Waals surface area contributed by atoms with Crippen molar-refractivity contribution in [1.82, 2.24) is 10.6 Å². The molecule has 0 fully saturated rings. The molecule has 0 amide bonds. The van der Waals surface area contributed by atoms with E-state index in [1.165, 1.54) is 0 Å². The number of para-hydroxylation sites is 1. The van der Waals surface area contributed by atoms with E-state index in [0.29, 0.717) is 28.7 Å². The Morgan fingerprint density at radius 3 is 2.70 bits per heavy atom. The summed E-state index contributed by atoms with van der Waals surface area (Å²) in [5.41, 5.74) is 1.95. The van der Waals surface area contributed by atoms with Crippen LogP contribution in [0.25, 0.3) is 0 Å². The molecule has 1 aliphatic heterocycles. The maximum atomic E-state index is 12.5. The molecular formula is C16H20N2O4S. The van der Waals surface area contributed by atoms with Gasteiger partial charge in [-0.2, -0.15) is 0 Å². The van der Waals surface area contributed by atoms with E-state index in [2.05, 4.69) is 10.6 Å². The van der Waals surface area contributed by atoms with Crippen LogP contribution >= 0.6 is 12.2 Å².